The number of ether oxygens (including phenoxy) is 2. The van der Waals surface area contributed by atoms with Crippen LogP contribution in [0, 0.1) is 5.82 Å². The summed E-state index contributed by atoms with van der Waals surface area (Å²) in [6.07, 6.45) is 3.72. The first-order valence-electron chi connectivity index (χ1n) is 9.07. The maximum Gasteiger partial charge on any atom is 0.227 e. The number of hydrogen-bond acceptors (Lipinski definition) is 6. The van der Waals surface area contributed by atoms with E-state index in [9.17, 15) is 4.39 Å². The largest absolute Gasteiger partial charge is 0.493 e. The molecule has 1 aromatic heterocycles. The van der Waals surface area contributed by atoms with E-state index in [-0.39, 0.29) is 22.8 Å². The molecule has 0 saturated carbocycles. The number of anilines is 2. The van der Waals surface area contributed by atoms with Gasteiger partial charge in [-0.3, -0.25) is 0 Å². The molecule has 1 aliphatic heterocycles. The van der Waals surface area contributed by atoms with Crippen LogP contribution in [0.4, 0.5) is 16.0 Å². The SMILES string of the molecule is COc1cc2nc(Nc3cccc(Cl)c3F)ncc2cc1OC1CCNCC1. The zero-order valence-corrected chi connectivity index (χ0v) is 16.1. The van der Waals surface area contributed by atoms with Gasteiger partial charge >= 0.3 is 0 Å². The van der Waals surface area contributed by atoms with Gasteiger partial charge in [0.25, 0.3) is 0 Å². The minimum absolute atomic E-state index is 0.0344. The van der Waals surface area contributed by atoms with Crippen molar-refractivity contribution < 1.29 is 13.9 Å². The molecule has 0 aliphatic carbocycles. The van der Waals surface area contributed by atoms with Gasteiger partial charge in [-0.15, -0.1) is 0 Å². The molecule has 8 heteroatoms. The summed E-state index contributed by atoms with van der Waals surface area (Å²) in [7, 11) is 1.60. The topological polar surface area (TPSA) is 68.3 Å². The van der Waals surface area contributed by atoms with Crippen LogP contribution in [0.1, 0.15) is 12.8 Å². The average molecular weight is 403 g/mol. The Hall–Kier alpha value is -2.64. The third-order valence-corrected chi connectivity index (χ3v) is 4.94. The highest BCUT2D eigenvalue weighted by molar-refractivity contribution is 6.31. The lowest BCUT2D eigenvalue weighted by molar-refractivity contribution is 0.157. The second-order valence-corrected chi connectivity index (χ2v) is 6.96. The first-order valence-corrected chi connectivity index (χ1v) is 9.45. The standard InChI is InChI=1S/C20H20ClFN4O2/c1-27-17-10-16-12(9-18(17)28-13-5-7-23-8-6-13)11-24-20(26-16)25-15-4-2-3-14(21)19(15)22/h2-4,9-11,13,23H,5-8H2,1H3,(H,24,25,26). The predicted octanol–water partition coefficient (Wildman–Crippen LogP) is 4.31. The highest BCUT2D eigenvalue weighted by Gasteiger charge is 2.18. The van der Waals surface area contributed by atoms with Gasteiger partial charge in [-0.25, -0.2) is 14.4 Å². The molecule has 0 amide bonds. The molecule has 0 spiro atoms. The van der Waals surface area contributed by atoms with Crippen LogP contribution in [-0.2, 0) is 0 Å². The van der Waals surface area contributed by atoms with Gasteiger partial charge in [0.2, 0.25) is 5.95 Å². The van der Waals surface area contributed by atoms with Crippen molar-refractivity contribution in [2.24, 2.45) is 0 Å². The molecule has 0 bridgehead atoms. The van der Waals surface area contributed by atoms with Crippen LogP contribution in [0.15, 0.2) is 36.5 Å². The third kappa shape index (κ3) is 3.95. The van der Waals surface area contributed by atoms with Crippen LogP contribution in [0.3, 0.4) is 0 Å². The van der Waals surface area contributed by atoms with Gasteiger partial charge in [0.15, 0.2) is 17.3 Å². The number of piperidine rings is 1. The zero-order valence-electron chi connectivity index (χ0n) is 15.3. The van der Waals surface area contributed by atoms with Crippen molar-refractivity contribution in [3.8, 4) is 11.5 Å². The molecule has 0 unspecified atom stereocenters. The maximum atomic E-state index is 14.1. The normalized spacial score (nSPS) is 14.8. The monoisotopic (exact) mass is 402 g/mol. The molecule has 2 aromatic carbocycles. The molecule has 6 nitrogen and oxygen atoms in total. The lowest BCUT2D eigenvalue weighted by Crippen LogP contribution is -2.34. The quantitative estimate of drug-likeness (QED) is 0.663. The molecular formula is C20H20ClFN4O2. The number of benzene rings is 2. The molecule has 28 heavy (non-hydrogen) atoms. The first kappa shape index (κ1) is 18.7. The van der Waals surface area contributed by atoms with Gasteiger partial charge in [-0.05, 0) is 44.1 Å². The van der Waals surface area contributed by atoms with E-state index in [0.717, 1.165) is 31.3 Å². The third-order valence-electron chi connectivity index (χ3n) is 4.64. The molecule has 0 radical (unpaired) electrons. The van der Waals surface area contributed by atoms with Crippen LogP contribution in [-0.4, -0.2) is 36.3 Å². The van der Waals surface area contributed by atoms with Crippen molar-refractivity contribution in [3.05, 3.63) is 47.4 Å². The summed E-state index contributed by atoms with van der Waals surface area (Å²) in [6.45, 7) is 1.89. The van der Waals surface area contributed by atoms with E-state index in [2.05, 4.69) is 20.6 Å². The predicted molar refractivity (Wildman–Crippen MR) is 107 cm³/mol. The first-order chi connectivity index (χ1) is 13.6. The smallest absolute Gasteiger partial charge is 0.227 e. The van der Waals surface area contributed by atoms with Crippen molar-refractivity contribution in [2.45, 2.75) is 18.9 Å². The van der Waals surface area contributed by atoms with E-state index in [1.54, 1.807) is 31.5 Å². The summed E-state index contributed by atoms with van der Waals surface area (Å²) in [5.41, 5.74) is 0.874. The van der Waals surface area contributed by atoms with Gasteiger partial charge in [0.1, 0.15) is 6.10 Å². The van der Waals surface area contributed by atoms with Crippen LogP contribution >= 0.6 is 11.6 Å². The number of hydrogen-bond donors (Lipinski definition) is 2. The van der Waals surface area contributed by atoms with Gasteiger partial charge < -0.3 is 20.1 Å². The number of methoxy groups -OCH3 is 1. The minimum atomic E-state index is -0.545. The number of nitrogens with zero attached hydrogens (tertiary/aromatic N) is 2. The Kier molecular flexibility index (Phi) is 5.45. The van der Waals surface area contributed by atoms with Gasteiger partial charge in [0, 0.05) is 17.6 Å². The summed E-state index contributed by atoms with van der Waals surface area (Å²) in [5.74, 6) is 0.996. The van der Waals surface area contributed by atoms with E-state index in [1.165, 1.54) is 6.07 Å². The average Bonchev–Trinajstić information content (AvgIpc) is 2.72. The van der Waals surface area contributed by atoms with Crippen molar-refractivity contribution >= 4 is 34.1 Å². The van der Waals surface area contributed by atoms with E-state index < -0.39 is 5.82 Å². The molecular weight excluding hydrogens is 383 g/mol. The lowest BCUT2D eigenvalue weighted by atomic mass is 10.1. The highest BCUT2D eigenvalue weighted by Crippen LogP contribution is 2.34. The van der Waals surface area contributed by atoms with E-state index in [4.69, 9.17) is 21.1 Å². The molecule has 2 heterocycles. The van der Waals surface area contributed by atoms with Crippen LogP contribution in [0.2, 0.25) is 5.02 Å². The second-order valence-electron chi connectivity index (χ2n) is 6.55. The zero-order chi connectivity index (χ0) is 19.5. The molecule has 2 N–H and O–H groups in total. The van der Waals surface area contributed by atoms with E-state index in [0.29, 0.717) is 17.0 Å². The van der Waals surface area contributed by atoms with Crippen LogP contribution in [0.25, 0.3) is 10.9 Å². The van der Waals surface area contributed by atoms with Gasteiger partial charge in [-0.2, -0.15) is 0 Å². The summed E-state index contributed by atoms with van der Waals surface area (Å²) >= 11 is 5.82. The molecule has 1 aliphatic rings. The Labute approximate surface area is 167 Å². The summed E-state index contributed by atoms with van der Waals surface area (Å²) in [4.78, 5) is 8.74. The second kappa shape index (κ2) is 8.16. The molecule has 1 fully saturated rings. The highest BCUT2D eigenvalue weighted by atomic mass is 35.5. The van der Waals surface area contributed by atoms with Crippen molar-refractivity contribution in [1.82, 2.24) is 15.3 Å². The Morgan fingerprint density at radius 3 is 2.82 bits per heavy atom. The van der Waals surface area contributed by atoms with Crippen LogP contribution in [0.5, 0.6) is 11.5 Å². The summed E-state index contributed by atoms with van der Waals surface area (Å²) < 4.78 is 25.7. The molecule has 146 valence electrons. The number of fused-ring (bicyclic) bond motifs is 1. The maximum absolute atomic E-state index is 14.1. The summed E-state index contributed by atoms with van der Waals surface area (Å²) in [5, 5.41) is 7.02. The lowest BCUT2D eigenvalue weighted by Gasteiger charge is -2.24. The molecule has 3 aromatic rings. The Balaban J connectivity index is 1.62. The fourth-order valence-corrected chi connectivity index (χ4v) is 3.34. The number of halogens is 2. The Morgan fingerprint density at radius 2 is 2.04 bits per heavy atom. The van der Waals surface area contributed by atoms with E-state index >= 15 is 0 Å². The Morgan fingerprint density at radius 1 is 1.21 bits per heavy atom. The van der Waals surface area contributed by atoms with Gasteiger partial charge in [0.05, 0.1) is 23.3 Å². The molecule has 0 atom stereocenters. The van der Waals surface area contributed by atoms with E-state index in [1.807, 2.05) is 6.07 Å². The Bertz CT molecular complexity index is 995. The number of rotatable bonds is 5. The minimum Gasteiger partial charge on any atom is -0.493 e. The van der Waals surface area contributed by atoms with Crippen LogP contribution < -0.4 is 20.1 Å². The fourth-order valence-electron chi connectivity index (χ4n) is 3.16. The van der Waals surface area contributed by atoms with Crippen molar-refractivity contribution in [1.29, 1.82) is 0 Å². The molecule has 4 rings (SSSR count). The molecule has 1 saturated heterocycles. The summed E-state index contributed by atoms with van der Waals surface area (Å²) in [6, 6.07) is 8.39. The van der Waals surface area contributed by atoms with Crippen molar-refractivity contribution in [3.63, 3.8) is 0 Å². The van der Waals surface area contributed by atoms with Crippen molar-refractivity contribution in [2.75, 3.05) is 25.5 Å². The fraction of sp³-hybridized carbons (Fsp3) is 0.300. The van der Waals surface area contributed by atoms with Gasteiger partial charge in [-0.1, -0.05) is 17.7 Å². The number of aromatic nitrogens is 2. The number of nitrogens with one attached hydrogen (secondary N) is 2.